The molecular weight excluding hydrogens is 463 g/mol. The summed E-state index contributed by atoms with van der Waals surface area (Å²) in [5, 5.41) is 3.08. The summed E-state index contributed by atoms with van der Waals surface area (Å²) in [7, 11) is -3.96. The molecule has 0 radical (unpaired) electrons. The summed E-state index contributed by atoms with van der Waals surface area (Å²) in [6.45, 7) is 0.929. The third-order valence-electron chi connectivity index (χ3n) is 6.44. The maximum absolute atomic E-state index is 14.5. The van der Waals surface area contributed by atoms with E-state index in [4.69, 9.17) is 9.79 Å². The van der Waals surface area contributed by atoms with E-state index in [0.717, 1.165) is 61.8 Å². The van der Waals surface area contributed by atoms with Crippen LogP contribution in [0.1, 0.15) is 62.5 Å². The molecule has 0 aromatic heterocycles. The van der Waals surface area contributed by atoms with Crippen LogP contribution in [0.25, 0.3) is 0 Å². The normalized spacial score (nSPS) is 15.8. The van der Waals surface area contributed by atoms with Gasteiger partial charge in [-0.15, -0.1) is 11.8 Å². The Hall–Kier alpha value is -1.24. The lowest BCUT2D eigenvalue weighted by Gasteiger charge is -2.30. The van der Waals surface area contributed by atoms with Gasteiger partial charge in [0.1, 0.15) is 11.6 Å². The molecule has 0 aliphatic heterocycles. The van der Waals surface area contributed by atoms with E-state index in [9.17, 15) is 13.3 Å². The van der Waals surface area contributed by atoms with E-state index in [2.05, 4.69) is 5.32 Å². The molecule has 0 heterocycles. The van der Waals surface area contributed by atoms with Crippen LogP contribution in [0.5, 0.6) is 0 Å². The van der Waals surface area contributed by atoms with Crippen LogP contribution in [0.2, 0.25) is 0 Å². The first-order valence-corrected chi connectivity index (χ1v) is 14.5. The van der Waals surface area contributed by atoms with Crippen LogP contribution in [-0.2, 0) is 16.5 Å². The molecule has 2 aromatic rings. The molecule has 0 atom stereocenters. The highest BCUT2D eigenvalue weighted by Gasteiger charge is 2.36. The maximum Gasteiger partial charge on any atom is 0.325 e. The van der Waals surface area contributed by atoms with Gasteiger partial charge in [-0.3, -0.25) is 4.57 Å². The Balaban J connectivity index is 1.40. The lowest BCUT2D eigenvalue weighted by molar-refractivity contribution is 0.371. The molecule has 4 nitrogen and oxygen atoms in total. The first kappa shape index (κ1) is 26.4. The third-order valence-corrected chi connectivity index (χ3v) is 8.48. The van der Waals surface area contributed by atoms with Gasteiger partial charge in [0.25, 0.3) is 0 Å². The van der Waals surface area contributed by atoms with Gasteiger partial charge in [0.05, 0.1) is 6.16 Å². The minimum Gasteiger partial charge on any atom is -0.324 e. The number of hydrogen-bond acceptors (Lipinski definition) is 3. The second-order valence-electron chi connectivity index (χ2n) is 8.96. The molecule has 1 aliphatic rings. The van der Waals surface area contributed by atoms with Gasteiger partial charge in [-0.1, -0.05) is 43.5 Å². The molecule has 1 saturated carbocycles. The van der Waals surface area contributed by atoms with Crippen LogP contribution in [0, 0.1) is 11.6 Å². The topological polar surface area (TPSA) is 69.6 Å². The van der Waals surface area contributed by atoms with Crippen molar-refractivity contribution >= 4 is 19.4 Å². The summed E-state index contributed by atoms with van der Waals surface area (Å²) in [5.74, 6) is 0.491. The molecule has 3 N–H and O–H groups in total. The predicted molar refractivity (Wildman–Crippen MR) is 131 cm³/mol. The number of thioether (sulfide) groups is 1. The van der Waals surface area contributed by atoms with Crippen molar-refractivity contribution in [1.29, 1.82) is 0 Å². The summed E-state index contributed by atoms with van der Waals surface area (Å²) in [6.07, 6.45) is 7.56. The number of rotatable bonds is 13. The molecule has 0 saturated heterocycles. The van der Waals surface area contributed by atoms with Crippen LogP contribution in [0.15, 0.2) is 47.4 Å². The van der Waals surface area contributed by atoms with E-state index in [1.165, 1.54) is 17.8 Å². The SMILES string of the molecule is O=P(O)(O)CCCNCc1ccc(SCCCCC2(c3ccccc3F)CCCC2)c(F)c1. The Morgan fingerprint density at radius 3 is 2.45 bits per heavy atom. The standard InChI is InChI=1S/C25H34F2NO3PS/c26-22-9-2-1-8-21(22)25(12-3-4-13-25)14-5-6-17-33-24-11-10-20(18-23(24)27)19-28-15-7-16-32(29,30)31/h1-2,8-11,18,28H,3-7,12-17,19H2,(H2,29,30,31). The monoisotopic (exact) mass is 497 g/mol. The molecular formula is C25H34F2NO3PS. The zero-order valence-corrected chi connectivity index (χ0v) is 20.7. The van der Waals surface area contributed by atoms with E-state index in [1.807, 2.05) is 18.2 Å². The summed E-state index contributed by atoms with van der Waals surface area (Å²) in [4.78, 5) is 18.3. The number of unbranched alkanes of at least 4 members (excludes halogenated alkanes) is 1. The third kappa shape index (κ3) is 8.18. The van der Waals surface area contributed by atoms with E-state index in [0.29, 0.717) is 24.4 Å². The lowest BCUT2D eigenvalue weighted by atomic mass is 9.75. The minimum atomic E-state index is -3.96. The van der Waals surface area contributed by atoms with Gasteiger partial charge in [0.15, 0.2) is 0 Å². The average molecular weight is 498 g/mol. The second-order valence-corrected chi connectivity index (χ2v) is 11.9. The van der Waals surface area contributed by atoms with Gasteiger partial charge in [-0.05, 0) is 79.1 Å². The van der Waals surface area contributed by atoms with Gasteiger partial charge in [0, 0.05) is 11.4 Å². The Bertz CT molecular complexity index is 947. The zero-order valence-electron chi connectivity index (χ0n) is 18.9. The van der Waals surface area contributed by atoms with E-state index >= 15 is 0 Å². The van der Waals surface area contributed by atoms with Gasteiger partial charge < -0.3 is 15.1 Å². The fourth-order valence-electron chi connectivity index (χ4n) is 4.76. The summed E-state index contributed by atoms with van der Waals surface area (Å²) in [5.41, 5.74) is 1.63. The van der Waals surface area contributed by atoms with Crippen molar-refractivity contribution in [2.45, 2.75) is 68.2 Å². The second kappa shape index (κ2) is 12.5. The van der Waals surface area contributed by atoms with Crippen molar-refractivity contribution in [3.8, 4) is 0 Å². The Morgan fingerprint density at radius 1 is 1.00 bits per heavy atom. The van der Waals surface area contributed by atoms with Crippen molar-refractivity contribution in [2.24, 2.45) is 0 Å². The molecule has 33 heavy (non-hydrogen) atoms. The zero-order chi connectivity index (χ0) is 23.7. The van der Waals surface area contributed by atoms with E-state index in [1.54, 1.807) is 18.2 Å². The average Bonchev–Trinajstić information content (AvgIpc) is 3.24. The molecule has 3 rings (SSSR count). The maximum atomic E-state index is 14.5. The molecule has 0 unspecified atom stereocenters. The van der Waals surface area contributed by atoms with Gasteiger partial charge in [-0.25, -0.2) is 8.78 Å². The number of nitrogens with one attached hydrogen (secondary N) is 1. The fraction of sp³-hybridized carbons (Fsp3) is 0.520. The van der Waals surface area contributed by atoms with Gasteiger partial charge in [0.2, 0.25) is 0 Å². The van der Waals surface area contributed by atoms with Crippen LogP contribution in [0.3, 0.4) is 0 Å². The Kier molecular flexibility index (Phi) is 9.95. The molecule has 8 heteroatoms. The summed E-state index contributed by atoms with van der Waals surface area (Å²) in [6, 6.07) is 12.4. The minimum absolute atomic E-state index is 0.0405. The lowest BCUT2D eigenvalue weighted by Crippen LogP contribution is -2.23. The molecule has 1 fully saturated rings. The molecule has 0 bridgehead atoms. The van der Waals surface area contributed by atoms with Crippen molar-refractivity contribution in [3.63, 3.8) is 0 Å². The number of benzene rings is 2. The van der Waals surface area contributed by atoms with Crippen molar-refractivity contribution < 1.29 is 23.1 Å². The Labute approximate surface area is 199 Å². The van der Waals surface area contributed by atoms with E-state index in [-0.39, 0.29) is 23.2 Å². The predicted octanol–water partition coefficient (Wildman–Crippen LogP) is 6.40. The van der Waals surface area contributed by atoms with Gasteiger partial charge in [-0.2, -0.15) is 0 Å². The van der Waals surface area contributed by atoms with Crippen LogP contribution in [0.4, 0.5) is 8.78 Å². The Morgan fingerprint density at radius 2 is 1.76 bits per heavy atom. The highest BCUT2D eigenvalue weighted by Crippen LogP contribution is 2.45. The van der Waals surface area contributed by atoms with Crippen LogP contribution in [-0.4, -0.2) is 28.2 Å². The van der Waals surface area contributed by atoms with Gasteiger partial charge >= 0.3 is 7.60 Å². The van der Waals surface area contributed by atoms with Crippen LogP contribution >= 0.6 is 19.4 Å². The number of halogens is 2. The molecule has 182 valence electrons. The molecule has 0 amide bonds. The quantitative estimate of drug-likeness (QED) is 0.170. The number of hydrogen-bond donors (Lipinski definition) is 3. The smallest absolute Gasteiger partial charge is 0.324 e. The van der Waals surface area contributed by atoms with Crippen LogP contribution < -0.4 is 5.32 Å². The van der Waals surface area contributed by atoms with Crippen molar-refractivity contribution in [3.05, 3.63) is 65.2 Å². The highest BCUT2D eigenvalue weighted by molar-refractivity contribution is 7.99. The van der Waals surface area contributed by atoms with Crippen molar-refractivity contribution in [2.75, 3.05) is 18.5 Å². The first-order chi connectivity index (χ1) is 15.8. The summed E-state index contributed by atoms with van der Waals surface area (Å²) >= 11 is 1.51. The summed E-state index contributed by atoms with van der Waals surface area (Å²) < 4.78 is 39.7. The molecule has 0 spiro atoms. The van der Waals surface area contributed by atoms with Crippen molar-refractivity contribution in [1.82, 2.24) is 5.32 Å². The molecule has 2 aromatic carbocycles. The fourth-order valence-corrected chi connectivity index (χ4v) is 6.26. The van der Waals surface area contributed by atoms with E-state index < -0.39 is 7.60 Å². The molecule has 1 aliphatic carbocycles. The first-order valence-electron chi connectivity index (χ1n) is 11.7. The highest BCUT2D eigenvalue weighted by atomic mass is 32.2. The largest absolute Gasteiger partial charge is 0.325 e.